The minimum absolute atomic E-state index is 0.212. The molecule has 0 unspecified atom stereocenters. The van der Waals surface area contributed by atoms with Crippen LogP contribution in [0.4, 0.5) is 0 Å². The summed E-state index contributed by atoms with van der Waals surface area (Å²) in [7, 11) is 0. The number of imidazole rings is 1. The van der Waals surface area contributed by atoms with Gasteiger partial charge in [0.25, 0.3) is 0 Å². The maximum Gasteiger partial charge on any atom is 0.141 e. The maximum atomic E-state index is 5.95. The summed E-state index contributed by atoms with van der Waals surface area (Å²) in [6.07, 6.45) is 37.3. The van der Waals surface area contributed by atoms with Crippen LogP contribution in [-0.4, -0.2) is 50.9 Å². The topological polar surface area (TPSA) is 93.4 Å². The average molecular weight is 1660 g/mol. The molecule has 123 heavy (non-hydrogen) atoms. The van der Waals surface area contributed by atoms with E-state index in [2.05, 4.69) is 246 Å². The Hall–Kier alpha value is -10.7. The lowest BCUT2D eigenvalue weighted by Crippen LogP contribution is -2.26. The van der Waals surface area contributed by atoms with E-state index in [-0.39, 0.29) is 5.41 Å². The molecule has 0 saturated heterocycles. The van der Waals surface area contributed by atoms with E-state index in [0.717, 1.165) is 148 Å². The van der Waals surface area contributed by atoms with Crippen LogP contribution in [0.15, 0.2) is 255 Å². The molecule has 3 heterocycles. The highest BCUT2D eigenvalue weighted by Crippen LogP contribution is 2.63. The van der Waals surface area contributed by atoms with Gasteiger partial charge in [0.1, 0.15) is 33.8 Å². The molecule has 640 valence electrons. The van der Waals surface area contributed by atoms with Crippen molar-refractivity contribution in [3.8, 4) is 89.7 Å². The van der Waals surface area contributed by atoms with Crippen molar-refractivity contribution >= 4 is 43.6 Å². The minimum atomic E-state index is -0.212. The zero-order valence-corrected chi connectivity index (χ0v) is 75.6. The van der Waals surface area contributed by atoms with Crippen LogP contribution in [0, 0.1) is 0 Å². The fourth-order valence-electron chi connectivity index (χ4n) is 17.4. The second kappa shape index (κ2) is 47.8. The molecule has 10 heteroatoms. The van der Waals surface area contributed by atoms with Crippen molar-refractivity contribution in [2.24, 2.45) is 0 Å². The fraction of sp³-hybridized carbons (Fsp3) is 0.381. The number of hydrogen-bond acceptors (Lipinski definition) is 9. The summed E-state index contributed by atoms with van der Waals surface area (Å²) < 4.78 is 27.2. The molecule has 14 aromatic rings. The number of unbranched alkanes of at least 4 members (excludes halogenated alkanes) is 21. The molecule has 0 amide bonds. The number of para-hydroxylation sites is 5. The van der Waals surface area contributed by atoms with Crippen molar-refractivity contribution in [1.82, 2.24) is 24.5 Å². The van der Waals surface area contributed by atoms with Crippen LogP contribution in [0.3, 0.4) is 0 Å². The molecule has 0 bridgehead atoms. The Morgan fingerprint density at radius 1 is 0.276 bits per heavy atom. The third-order valence-electron chi connectivity index (χ3n) is 24.1. The Morgan fingerprint density at radius 2 is 0.626 bits per heavy atom. The summed E-state index contributed by atoms with van der Waals surface area (Å²) >= 11 is 1.73. The molecule has 0 saturated carbocycles. The van der Waals surface area contributed by atoms with Crippen LogP contribution in [0.2, 0.25) is 0 Å². The predicted octanol–water partition coefficient (Wildman–Crippen LogP) is 32.3. The van der Waals surface area contributed by atoms with Crippen LogP contribution in [0.25, 0.3) is 99.0 Å². The highest BCUT2D eigenvalue weighted by molar-refractivity contribution is 7.21. The first-order chi connectivity index (χ1) is 60.8. The van der Waals surface area contributed by atoms with Gasteiger partial charge in [-0.3, -0.25) is 0 Å². The number of fused-ring (bicyclic) bond motifs is 13. The lowest BCUT2D eigenvalue weighted by Gasteiger charge is -2.31. The number of nitrogens with zero attached hydrogens (tertiary/aromatic N) is 5. The Bertz CT molecular complexity index is 5270. The third kappa shape index (κ3) is 23.8. The molecule has 1 spiro atoms. The van der Waals surface area contributed by atoms with Crippen LogP contribution in [0.5, 0.6) is 23.0 Å². The number of benzene rings is 11. The fourth-order valence-corrected chi connectivity index (χ4v) is 18.3. The molecule has 2 aliphatic rings. The third-order valence-corrected chi connectivity index (χ3v) is 25.2. The van der Waals surface area contributed by atoms with E-state index < -0.39 is 0 Å². The maximum absolute atomic E-state index is 5.95. The first-order valence-electron chi connectivity index (χ1n) is 47.2. The summed E-state index contributed by atoms with van der Waals surface area (Å²) in [5.74, 6) is 4.75. The molecule has 0 N–H and O–H groups in total. The van der Waals surface area contributed by atoms with Crippen molar-refractivity contribution in [2.75, 3.05) is 26.4 Å². The normalized spacial score (nSPS) is 11.9. The Labute approximate surface area is 739 Å². The van der Waals surface area contributed by atoms with E-state index in [1.165, 1.54) is 233 Å². The summed E-state index contributed by atoms with van der Waals surface area (Å²) in [5, 5.41) is 1.07. The first-order valence-corrected chi connectivity index (χ1v) is 48.1. The van der Waals surface area contributed by atoms with E-state index >= 15 is 0 Å². The van der Waals surface area contributed by atoms with Gasteiger partial charge in [-0.1, -0.05) is 305 Å². The van der Waals surface area contributed by atoms with Gasteiger partial charge >= 0.3 is 0 Å². The summed E-state index contributed by atoms with van der Waals surface area (Å²) in [4.78, 5) is 19.6. The lowest BCUT2D eigenvalue weighted by atomic mass is 9.70. The minimum Gasteiger partial charge on any atom is -0.494 e. The average Bonchev–Trinajstić information content (AvgIpc) is 1.51. The van der Waals surface area contributed by atoms with Crippen molar-refractivity contribution in [3.63, 3.8) is 0 Å². The van der Waals surface area contributed by atoms with Gasteiger partial charge < -0.3 is 23.5 Å². The summed E-state index contributed by atoms with van der Waals surface area (Å²) in [6, 6.07) is 91.1. The molecular weight excluding hydrogens is 1520 g/mol. The molecule has 0 radical (unpaired) electrons. The van der Waals surface area contributed by atoms with Gasteiger partial charge in [0.15, 0.2) is 0 Å². The molecule has 0 atom stereocenters. The summed E-state index contributed by atoms with van der Waals surface area (Å²) in [5.41, 5.74) is 25.6. The van der Waals surface area contributed by atoms with Crippen molar-refractivity contribution in [3.05, 3.63) is 288 Å². The number of rotatable bonds is 43. The monoisotopic (exact) mass is 1660 g/mol. The van der Waals surface area contributed by atoms with E-state index in [1.807, 2.05) is 66.7 Å². The second-order valence-corrected chi connectivity index (χ2v) is 34.5. The molecule has 16 rings (SSSR count). The molecule has 0 aliphatic heterocycles. The largest absolute Gasteiger partial charge is 0.494 e. The van der Waals surface area contributed by atoms with Crippen molar-refractivity contribution in [2.45, 2.75) is 253 Å². The van der Waals surface area contributed by atoms with E-state index in [0.29, 0.717) is 0 Å². The Balaban J connectivity index is 0.000000144. The van der Waals surface area contributed by atoms with Gasteiger partial charge in [-0.2, -0.15) is 0 Å². The first kappa shape index (κ1) is 90.1. The number of ether oxygens (including phenoxy) is 4. The molecule has 0 fully saturated rings. The Kier molecular flexibility index (Phi) is 35.0. The van der Waals surface area contributed by atoms with Gasteiger partial charge in [0.2, 0.25) is 0 Å². The predicted molar refractivity (Wildman–Crippen MR) is 522 cm³/mol. The number of aryl methyl sites for hydroxylation is 3. The van der Waals surface area contributed by atoms with E-state index in [1.54, 1.807) is 11.3 Å². The Morgan fingerprint density at radius 3 is 1.05 bits per heavy atom. The van der Waals surface area contributed by atoms with Crippen LogP contribution in [-0.2, 0) is 24.8 Å². The zero-order valence-electron chi connectivity index (χ0n) is 74.8. The van der Waals surface area contributed by atoms with Gasteiger partial charge in [0, 0.05) is 28.8 Å². The van der Waals surface area contributed by atoms with Gasteiger partial charge in [-0.05, 0) is 247 Å². The molecule has 9 nitrogen and oxygen atoms in total. The number of thiazole rings is 1. The van der Waals surface area contributed by atoms with E-state index in [4.69, 9.17) is 33.9 Å². The van der Waals surface area contributed by atoms with Gasteiger partial charge in [-0.15, -0.1) is 11.3 Å². The van der Waals surface area contributed by atoms with Crippen LogP contribution in [0.1, 0.15) is 262 Å². The smallest absolute Gasteiger partial charge is 0.141 e. The van der Waals surface area contributed by atoms with Crippen molar-refractivity contribution < 1.29 is 18.9 Å². The number of hydrogen-bond donors (Lipinski definition) is 0. The standard InChI is InChI=1S/C37H40.C32H38N2O2.C25H34N2O.C19H21NOS/c1-3-5-7-9-15-27-21-23-31-32-24-22-28(16-10-8-6-4-2)26-36(32)37(35(31)25-27)33-19-13-11-17-29(33)30-18-12-14-20-34(30)37;1-3-5-7-11-23-35-27-19-15-25(16-20-27)31-32(34-30-14-10-9-13-29(30)33-31)26-17-21-28(22-18-26)36-24-12-8-6-4-2;1-3-5-7-11-19-27-24-14-10-9-13-23(24)26-25(27)21-15-17-22(18-16-21)28-20-12-8-6-4-2;1-2-3-4-7-14-21-16-12-10-15(11-13-16)19-20-17-8-5-6-9-18(17)22-19/h11-14,17-26H,3-10,15-16H2,1-2H3;9-10,13-22H,3-8,11-12,23-24H2,1-2H3;9-10,13-18H,3-8,11-12,19-20H2,1-2H3;5-6,8-13H,2-4,7,14H2,1H3. The highest BCUT2D eigenvalue weighted by atomic mass is 32.1. The zero-order chi connectivity index (χ0) is 85.1. The molecule has 3 aromatic heterocycles. The SMILES string of the molecule is CCCCCCOc1ccc(-c2nc3ccccc3n2CCCCCC)cc1.CCCCCCOc1ccc(-c2nc3ccccc3nc2-c2ccc(OCCCCCC)cc2)cc1.CCCCCCOc1ccc(-c2nc3ccccc3s2)cc1.CCCCCCc1ccc2c(c1)C1(c3ccccc3-c3ccccc31)c1cc(CCCCCC)ccc1-2. The highest BCUT2D eigenvalue weighted by Gasteiger charge is 2.51. The quantitative estimate of drug-likeness (QED) is 0.0349. The second-order valence-electron chi connectivity index (χ2n) is 33.5. The van der Waals surface area contributed by atoms with Crippen LogP contribution >= 0.6 is 11.3 Å². The van der Waals surface area contributed by atoms with Crippen molar-refractivity contribution in [1.29, 1.82) is 0 Å². The summed E-state index contributed by atoms with van der Waals surface area (Å²) in [6.45, 7) is 19.9. The van der Waals surface area contributed by atoms with Crippen LogP contribution < -0.4 is 18.9 Å². The lowest BCUT2D eigenvalue weighted by molar-refractivity contribution is 0.305. The van der Waals surface area contributed by atoms with Gasteiger partial charge in [-0.25, -0.2) is 19.9 Å². The molecule has 11 aromatic carbocycles. The molecule has 2 aliphatic carbocycles. The van der Waals surface area contributed by atoms with Gasteiger partial charge in [0.05, 0.1) is 75.5 Å². The number of aromatic nitrogens is 5. The molecular formula is C113H133N5O4S. The van der Waals surface area contributed by atoms with E-state index in [9.17, 15) is 0 Å².